The lowest BCUT2D eigenvalue weighted by molar-refractivity contribution is -0.116. The third-order valence-corrected chi connectivity index (χ3v) is 2.34. The Bertz CT molecular complexity index is 259. The lowest BCUT2D eigenvalue weighted by Crippen LogP contribution is -2.25. The molecule has 0 aliphatic rings. The molecule has 0 fully saturated rings. The highest BCUT2D eigenvalue weighted by Crippen LogP contribution is 2.07. The monoisotopic (exact) mass is 227 g/mol. The van der Waals surface area contributed by atoms with Crippen molar-refractivity contribution in [3.05, 3.63) is 11.8 Å². The van der Waals surface area contributed by atoms with E-state index in [2.05, 4.69) is 12.2 Å². The number of hydrogen-bond acceptors (Lipinski definition) is 2. The molecular weight excluding hydrogens is 206 g/mol. The Labute approximate surface area is 96.7 Å². The lowest BCUT2D eigenvalue weighted by Gasteiger charge is -2.05. The first-order valence-electron chi connectivity index (χ1n) is 5.81. The van der Waals surface area contributed by atoms with Crippen molar-refractivity contribution in [3.8, 4) is 0 Å². The highest BCUT2D eigenvalue weighted by molar-refractivity contribution is 5.97. The van der Waals surface area contributed by atoms with Gasteiger partial charge in [0.1, 0.15) is 0 Å². The number of ketones is 1. The molecule has 1 amide bonds. The van der Waals surface area contributed by atoms with Crippen LogP contribution >= 0.6 is 0 Å². The molecule has 92 valence electrons. The molecule has 0 saturated carbocycles. The summed E-state index contributed by atoms with van der Waals surface area (Å²) in [5.74, 6) is -0.124. The summed E-state index contributed by atoms with van der Waals surface area (Å²) in [6.45, 7) is 3.79. The average Bonchev–Trinajstić information content (AvgIpc) is 2.25. The maximum Gasteiger partial charge on any atom is 0.409 e. The second-order valence-electron chi connectivity index (χ2n) is 3.72. The van der Waals surface area contributed by atoms with Crippen LogP contribution in [0.15, 0.2) is 11.8 Å². The van der Waals surface area contributed by atoms with Crippen LogP contribution in [0.1, 0.15) is 52.4 Å². The van der Waals surface area contributed by atoms with E-state index >= 15 is 0 Å². The molecule has 4 nitrogen and oxygen atoms in total. The van der Waals surface area contributed by atoms with Crippen molar-refractivity contribution in [1.29, 1.82) is 0 Å². The van der Waals surface area contributed by atoms with Crippen molar-refractivity contribution < 1.29 is 14.7 Å². The highest BCUT2D eigenvalue weighted by atomic mass is 16.4. The zero-order valence-electron chi connectivity index (χ0n) is 10.1. The fourth-order valence-corrected chi connectivity index (χ4v) is 1.44. The standard InChI is InChI=1S/C12H21NO3/c1-3-5-6-7-8-9-11(14)10(4-2)13-12(15)16/h4,13H,3,5-9H2,1-2H3,(H,15,16). The zero-order chi connectivity index (χ0) is 12.4. The average molecular weight is 227 g/mol. The van der Waals surface area contributed by atoms with Crippen LogP contribution in [0.3, 0.4) is 0 Å². The summed E-state index contributed by atoms with van der Waals surface area (Å²) >= 11 is 0. The van der Waals surface area contributed by atoms with Gasteiger partial charge in [-0.3, -0.25) is 10.1 Å². The number of Topliss-reactive ketones (excluding diaryl/α,β-unsaturated/α-hetero) is 1. The summed E-state index contributed by atoms with van der Waals surface area (Å²) < 4.78 is 0. The summed E-state index contributed by atoms with van der Waals surface area (Å²) in [6.07, 6.45) is 6.11. The Balaban J connectivity index is 3.81. The molecule has 0 unspecified atom stereocenters. The van der Waals surface area contributed by atoms with Crippen molar-refractivity contribution in [3.63, 3.8) is 0 Å². The molecule has 0 aliphatic carbocycles. The highest BCUT2D eigenvalue weighted by Gasteiger charge is 2.10. The van der Waals surface area contributed by atoms with Gasteiger partial charge in [-0.05, 0) is 13.3 Å². The number of hydrogen-bond donors (Lipinski definition) is 2. The van der Waals surface area contributed by atoms with Gasteiger partial charge in [0.05, 0.1) is 5.70 Å². The van der Waals surface area contributed by atoms with E-state index in [9.17, 15) is 9.59 Å². The lowest BCUT2D eigenvalue weighted by atomic mass is 10.1. The maximum absolute atomic E-state index is 11.5. The van der Waals surface area contributed by atoms with E-state index in [-0.39, 0.29) is 11.5 Å². The number of amides is 1. The minimum atomic E-state index is -1.19. The van der Waals surface area contributed by atoms with Crippen LogP contribution in [0.4, 0.5) is 4.79 Å². The van der Waals surface area contributed by atoms with Gasteiger partial charge in [0.15, 0.2) is 5.78 Å². The smallest absolute Gasteiger partial charge is 0.409 e. The first-order chi connectivity index (χ1) is 7.61. The van der Waals surface area contributed by atoms with Crippen LogP contribution in [-0.4, -0.2) is 17.0 Å². The van der Waals surface area contributed by atoms with Gasteiger partial charge in [0.25, 0.3) is 0 Å². The predicted octanol–water partition coefficient (Wildman–Crippen LogP) is 3.09. The largest absolute Gasteiger partial charge is 0.465 e. The van der Waals surface area contributed by atoms with Gasteiger partial charge in [-0.25, -0.2) is 4.79 Å². The van der Waals surface area contributed by atoms with E-state index < -0.39 is 6.09 Å². The van der Waals surface area contributed by atoms with Crippen molar-refractivity contribution in [2.45, 2.75) is 52.4 Å². The number of carboxylic acid groups (broad SMARTS) is 1. The molecule has 2 N–H and O–H groups in total. The van der Waals surface area contributed by atoms with Crippen molar-refractivity contribution in [1.82, 2.24) is 5.32 Å². The molecule has 16 heavy (non-hydrogen) atoms. The fourth-order valence-electron chi connectivity index (χ4n) is 1.44. The second-order valence-corrected chi connectivity index (χ2v) is 3.72. The number of unbranched alkanes of at least 4 members (excludes halogenated alkanes) is 4. The van der Waals surface area contributed by atoms with E-state index in [1.54, 1.807) is 6.92 Å². The second kappa shape index (κ2) is 8.95. The van der Waals surface area contributed by atoms with Crippen LogP contribution in [0.25, 0.3) is 0 Å². The molecular formula is C12H21NO3. The number of carbonyl (C=O) groups excluding carboxylic acids is 1. The molecule has 0 aliphatic heterocycles. The minimum absolute atomic E-state index is 0.124. The SMILES string of the molecule is CC=C(NC(=O)O)C(=O)CCCCCCC. The molecule has 4 heteroatoms. The van der Waals surface area contributed by atoms with Crippen LogP contribution < -0.4 is 5.32 Å². The van der Waals surface area contributed by atoms with Crippen LogP contribution in [0, 0.1) is 0 Å². The van der Waals surface area contributed by atoms with E-state index in [1.165, 1.54) is 18.9 Å². The van der Waals surface area contributed by atoms with Crippen LogP contribution in [0.5, 0.6) is 0 Å². The van der Waals surface area contributed by atoms with Gasteiger partial charge in [-0.1, -0.05) is 38.7 Å². The van der Waals surface area contributed by atoms with Gasteiger partial charge in [0.2, 0.25) is 0 Å². The van der Waals surface area contributed by atoms with E-state index in [1.807, 2.05) is 0 Å². The summed E-state index contributed by atoms with van der Waals surface area (Å²) in [6, 6.07) is 0. The summed E-state index contributed by atoms with van der Waals surface area (Å²) in [4.78, 5) is 21.9. The first-order valence-corrected chi connectivity index (χ1v) is 5.81. The topological polar surface area (TPSA) is 66.4 Å². The predicted molar refractivity (Wildman–Crippen MR) is 63.3 cm³/mol. The quantitative estimate of drug-likeness (QED) is 0.494. The summed E-state index contributed by atoms with van der Waals surface area (Å²) in [5.41, 5.74) is 0.183. The van der Waals surface area contributed by atoms with Crippen molar-refractivity contribution >= 4 is 11.9 Å². The molecule has 0 atom stereocenters. The Hall–Kier alpha value is -1.32. The third kappa shape index (κ3) is 7.04. The van der Waals surface area contributed by atoms with E-state index in [0.717, 1.165) is 19.3 Å². The van der Waals surface area contributed by atoms with Crippen molar-refractivity contribution in [2.75, 3.05) is 0 Å². The molecule has 0 bridgehead atoms. The molecule has 0 aromatic heterocycles. The first kappa shape index (κ1) is 14.7. The fraction of sp³-hybridized carbons (Fsp3) is 0.667. The molecule has 0 radical (unpaired) electrons. The van der Waals surface area contributed by atoms with Crippen LogP contribution in [0.2, 0.25) is 0 Å². The number of nitrogens with one attached hydrogen (secondary N) is 1. The zero-order valence-corrected chi connectivity index (χ0v) is 10.1. The van der Waals surface area contributed by atoms with E-state index in [0.29, 0.717) is 6.42 Å². The summed E-state index contributed by atoms with van der Waals surface area (Å²) in [5, 5.41) is 10.6. The molecule has 0 aromatic carbocycles. The molecule has 0 heterocycles. The maximum atomic E-state index is 11.5. The van der Waals surface area contributed by atoms with Gasteiger partial charge in [-0.15, -0.1) is 0 Å². The Morgan fingerprint density at radius 2 is 1.81 bits per heavy atom. The molecule has 0 aromatic rings. The molecule has 0 rings (SSSR count). The number of rotatable bonds is 8. The molecule has 0 saturated heterocycles. The van der Waals surface area contributed by atoms with Gasteiger partial charge in [0, 0.05) is 6.42 Å². The third-order valence-electron chi connectivity index (χ3n) is 2.34. The normalized spacial score (nSPS) is 11.2. The van der Waals surface area contributed by atoms with Gasteiger partial charge >= 0.3 is 6.09 Å². The van der Waals surface area contributed by atoms with Crippen molar-refractivity contribution in [2.24, 2.45) is 0 Å². The van der Waals surface area contributed by atoms with Gasteiger partial charge < -0.3 is 5.11 Å². The Morgan fingerprint density at radius 3 is 2.31 bits per heavy atom. The van der Waals surface area contributed by atoms with Gasteiger partial charge in [-0.2, -0.15) is 0 Å². The Morgan fingerprint density at radius 1 is 1.19 bits per heavy atom. The Kier molecular flexibility index (Phi) is 8.21. The van der Waals surface area contributed by atoms with Crippen LogP contribution in [-0.2, 0) is 4.79 Å². The number of carbonyl (C=O) groups is 2. The number of allylic oxidation sites excluding steroid dienone is 2. The molecule has 0 spiro atoms. The minimum Gasteiger partial charge on any atom is -0.465 e. The summed E-state index contributed by atoms with van der Waals surface area (Å²) in [7, 11) is 0. The van der Waals surface area contributed by atoms with E-state index in [4.69, 9.17) is 5.11 Å².